The van der Waals surface area contributed by atoms with E-state index < -0.39 is 10.0 Å². The van der Waals surface area contributed by atoms with Gasteiger partial charge in [0.05, 0.1) is 18.0 Å². The van der Waals surface area contributed by atoms with Crippen molar-refractivity contribution in [3.63, 3.8) is 0 Å². The van der Waals surface area contributed by atoms with Crippen LogP contribution in [0.2, 0.25) is 0 Å². The Balaban J connectivity index is 2.16. The van der Waals surface area contributed by atoms with Gasteiger partial charge in [-0.3, -0.25) is 4.98 Å². The zero-order valence-electron chi connectivity index (χ0n) is 11.9. The fraction of sp³-hybridized carbons (Fsp3) is 0.267. The van der Waals surface area contributed by atoms with E-state index in [1.165, 1.54) is 4.31 Å². The van der Waals surface area contributed by atoms with Gasteiger partial charge in [0.1, 0.15) is 0 Å². The highest BCUT2D eigenvalue weighted by atomic mass is 32.2. The Hall–Kier alpha value is -1.92. The van der Waals surface area contributed by atoms with Crippen molar-refractivity contribution in [1.82, 2.24) is 9.29 Å². The van der Waals surface area contributed by atoms with E-state index >= 15 is 0 Å². The first kappa shape index (κ1) is 15.5. The van der Waals surface area contributed by atoms with Gasteiger partial charge in [-0.2, -0.15) is 4.31 Å². The van der Waals surface area contributed by atoms with Crippen LogP contribution in [-0.4, -0.2) is 24.3 Å². The topological polar surface area (TPSA) is 76.3 Å². The fourth-order valence-electron chi connectivity index (χ4n) is 2.06. The van der Waals surface area contributed by atoms with Gasteiger partial charge in [-0.05, 0) is 29.8 Å². The number of hydrogen-bond donors (Lipinski definition) is 1. The minimum absolute atomic E-state index is 0.0568. The Morgan fingerprint density at radius 1 is 1.19 bits per heavy atom. The highest BCUT2D eigenvalue weighted by Gasteiger charge is 2.21. The molecule has 0 amide bonds. The van der Waals surface area contributed by atoms with Crippen LogP contribution in [0.15, 0.2) is 48.7 Å². The van der Waals surface area contributed by atoms with Crippen LogP contribution < -0.4 is 5.73 Å². The zero-order valence-corrected chi connectivity index (χ0v) is 12.8. The summed E-state index contributed by atoms with van der Waals surface area (Å²) in [6, 6.07) is 12.4. The Morgan fingerprint density at radius 3 is 2.62 bits per heavy atom. The number of pyridine rings is 1. The van der Waals surface area contributed by atoms with Gasteiger partial charge < -0.3 is 5.73 Å². The van der Waals surface area contributed by atoms with Gasteiger partial charge >= 0.3 is 0 Å². The maximum absolute atomic E-state index is 12.5. The van der Waals surface area contributed by atoms with Crippen molar-refractivity contribution in [3.8, 4) is 0 Å². The molecule has 1 heterocycles. The van der Waals surface area contributed by atoms with Crippen LogP contribution in [0.3, 0.4) is 0 Å². The van der Waals surface area contributed by atoms with E-state index in [4.69, 9.17) is 5.73 Å². The van der Waals surface area contributed by atoms with Crippen molar-refractivity contribution in [1.29, 1.82) is 0 Å². The Kier molecular flexibility index (Phi) is 4.93. The summed E-state index contributed by atoms with van der Waals surface area (Å²) >= 11 is 0. The normalized spacial score (nSPS) is 11.7. The van der Waals surface area contributed by atoms with Crippen LogP contribution in [0.5, 0.6) is 0 Å². The lowest BCUT2D eigenvalue weighted by Gasteiger charge is -2.20. The van der Waals surface area contributed by atoms with Crippen molar-refractivity contribution >= 4 is 15.7 Å². The second-order valence-corrected chi connectivity index (χ2v) is 6.72. The second kappa shape index (κ2) is 6.69. The molecule has 0 aliphatic rings. The molecule has 0 atom stereocenters. The summed E-state index contributed by atoms with van der Waals surface area (Å²) in [6.07, 6.45) is 1.66. The Labute approximate surface area is 125 Å². The number of sulfonamides is 1. The summed E-state index contributed by atoms with van der Waals surface area (Å²) in [5.74, 6) is -0.0568. The number of nitrogens with zero attached hydrogens (tertiary/aromatic N) is 2. The molecule has 21 heavy (non-hydrogen) atoms. The van der Waals surface area contributed by atoms with E-state index in [2.05, 4.69) is 4.98 Å². The molecule has 0 fully saturated rings. The Morgan fingerprint density at radius 2 is 2.00 bits per heavy atom. The third-order valence-corrected chi connectivity index (χ3v) is 4.98. The molecule has 0 spiro atoms. The monoisotopic (exact) mass is 305 g/mol. The molecule has 2 aromatic rings. The number of anilines is 1. The van der Waals surface area contributed by atoms with Crippen LogP contribution in [-0.2, 0) is 22.3 Å². The Bertz CT molecular complexity index is 687. The van der Waals surface area contributed by atoms with Crippen LogP contribution in [0, 0.1) is 0 Å². The lowest BCUT2D eigenvalue weighted by atomic mass is 10.2. The average molecular weight is 305 g/mol. The lowest BCUT2D eigenvalue weighted by molar-refractivity contribution is 0.418. The molecule has 112 valence electrons. The molecule has 2 N–H and O–H groups in total. The van der Waals surface area contributed by atoms with Crippen LogP contribution >= 0.6 is 0 Å². The third kappa shape index (κ3) is 4.27. The lowest BCUT2D eigenvalue weighted by Crippen LogP contribution is -2.31. The summed E-state index contributed by atoms with van der Waals surface area (Å²) in [7, 11) is -3.40. The van der Waals surface area contributed by atoms with E-state index in [0.717, 1.165) is 5.69 Å². The van der Waals surface area contributed by atoms with Crippen molar-refractivity contribution in [2.24, 2.45) is 0 Å². The number of nitrogens with two attached hydrogens (primary N) is 1. The van der Waals surface area contributed by atoms with Crippen LogP contribution in [0.4, 0.5) is 5.69 Å². The molecule has 1 aromatic heterocycles. The molecule has 0 bridgehead atoms. The van der Waals surface area contributed by atoms with Crippen LogP contribution in [0.25, 0.3) is 0 Å². The molecule has 5 nitrogen and oxygen atoms in total. The van der Waals surface area contributed by atoms with E-state index in [0.29, 0.717) is 17.8 Å². The maximum atomic E-state index is 12.5. The summed E-state index contributed by atoms with van der Waals surface area (Å²) in [5, 5.41) is 0. The van der Waals surface area contributed by atoms with Gasteiger partial charge in [-0.15, -0.1) is 0 Å². The molecular weight excluding hydrogens is 286 g/mol. The van der Waals surface area contributed by atoms with Crippen molar-refractivity contribution in [2.75, 3.05) is 12.3 Å². The zero-order chi connectivity index (χ0) is 15.3. The predicted octanol–water partition coefficient (Wildman–Crippen LogP) is 2.02. The largest absolute Gasteiger partial charge is 0.399 e. The van der Waals surface area contributed by atoms with Gasteiger partial charge in [0.25, 0.3) is 0 Å². The number of aromatic nitrogens is 1. The molecule has 0 saturated heterocycles. The van der Waals surface area contributed by atoms with E-state index in [1.54, 1.807) is 36.5 Å². The third-order valence-electron chi connectivity index (χ3n) is 3.11. The smallest absolute Gasteiger partial charge is 0.218 e. The second-order valence-electron chi connectivity index (χ2n) is 4.75. The van der Waals surface area contributed by atoms with Gasteiger partial charge in [-0.25, -0.2) is 8.42 Å². The van der Waals surface area contributed by atoms with Crippen LogP contribution in [0.1, 0.15) is 18.2 Å². The highest BCUT2D eigenvalue weighted by molar-refractivity contribution is 7.88. The molecule has 0 radical (unpaired) electrons. The predicted molar refractivity (Wildman–Crippen MR) is 83.8 cm³/mol. The summed E-state index contributed by atoms with van der Waals surface area (Å²) in [5.41, 5.74) is 7.68. The van der Waals surface area contributed by atoms with Gasteiger partial charge in [0, 0.05) is 18.4 Å². The summed E-state index contributed by atoms with van der Waals surface area (Å²) in [6.45, 7) is 2.50. The fourth-order valence-corrected chi connectivity index (χ4v) is 3.57. The minimum Gasteiger partial charge on any atom is -0.399 e. The standard InChI is InChI=1S/C15H19N3O2S/c1-2-18(11-15-8-3-4-9-17-15)21(19,20)12-13-6-5-7-14(16)10-13/h3-10H,2,11-12,16H2,1H3. The van der Waals surface area contributed by atoms with Crippen molar-refractivity contribution in [2.45, 2.75) is 19.2 Å². The highest BCUT2D eigenvalue weighted by Crippen LogP contribution is 2.15. The molecule has 0 aliphatic carbocycles. The SMILES string of the molecule is CCN(Cc1ccccn1)S(=O)(=O)Cc1cccc(N)c1. The minimum atomic E-state index is -3.40. The van der Waals surface area contributed by atoms with Gasteiger partial charge in [0.2, 0.25) is 10.0 Å². The van der Waals surface area contributed by atoms with E-state index in [9.17, 15) is 8.42 Å². The molecule has 6 heteroatoms. The molecule has 0 unspecified atom stereocenters. The molecule has 2 rings (SSSR count). The van der Waals surface area contributed by atoms with Crippen molar-refractivity contribution in [3.05, 3.63) is 59.9 Å². The molecule has 0 saturated carbocycles. The molecular formula is C15H19N3O2S. The summed E-state index contributed by atoms with van der Waals surface area (Å²) in [4.78, 5) is 4.18. The maximum Gasteiger partial charge on any atom is 0.218 e. The first-order chi connectivity index (χ1) is 10.0. The average Bonchev–Trinajstić information content (AvgIpc) is 2.45. The number of benzene rings is 1. The number of rotatable bonds is 6. The van der Waals surface area contributed by atoms with Gasteiger partial charge in [-0.1, -0.05) is 25.1 Å². The van der Waals surface area contributed by atoms with E-state index in [-0.39, 0.29) is 12.3 Å². The molecule has 1 aromatic carbocycles. The number of nitrogen functional groups attached to an aromatic ring is 1. The number of hydrogen-bond acceptors (Lipinski definition) is 4. The first-order valence-electron chi connectivity index (χ1n) is 6.73. The first-order valence-corrected chi connectivity index (χ1v) is 8.34. The quantitative estimate of drug-likeness (QED) is 0.828. The van der Waals surface area contributed by atoms with Crippen molar-refractivity contribution < 1.29 is 8.42 Å². The molecule has 0 aliphatic heterocycles. The van der Waals surface area contributed by atoms with Gasteiger partial charge in [0.15, 0.2) is 0 Å². The van der Waals surface area contributed by atoms with E-state index in [1.807, 2.05) is 19.1 Å². The summed E-state index contributed by atoms with van der Waals surface area (Å²) < 4.78 is 26.4.